The van der Waals surface area contributed by atoms with Gasteiger partial charge in [0.05, 0.1) is 22.8 Å². The van der Waals surface area contributed by atoms with Gasteiger partial charge in [-0.25, -0.2) is 9.37 Å². The Kier molecular flexibility index (Phi) is 5.32. The van der Waals surface area contributed by atoms with Gasteiger partial charge >= 0.3 is 0 Å². The van der Waals surface area contributed by atoms with E-state index >= 15 is 0 Å². The lowest BCUT2D eigenvalue weighted by atomic mass is 10.1. The molecule has 0 saturated heterocycles. The van der Waals surface area contributed by atoms with E-state index in [-0.39, 0.29) is 17.6 Å². The number of carbonyl (C=O) groups excluding carboxylic acids is 2. The van der Waals surface area contributed by atoms with Crippen LogP contribution in [0.5, 0.6) is 0 Å². The summed E-state index contributed by atoms with van der Waals surface area (Å²) in [6.07, 6.45) is 0.620. The lowest BCUT2D eigenvalue weighted by molar-refractivity contribution is 0.0725. The summed E-state index contributed by atoms with van der Waals surface area (Å²) in [7, 11) is 1.72. The van der Waals surface area contributed by atoms with Gasteiger partial charge in [-0.2, -0.15) is 5.10 Å². The summed E-state index contributed by atoms with van der Waals surface area (Å²) in [6, 6.07) is 11.3. The molecule has 3 aromatic heterocycles. The number of aryl methyl sites for hydroxylation is 1. The number of rotatable bonds is 4. The maximum Gasteiger partial charge on any atom is 0.272 e. The highest BCUT2D eigenvalue weighted by molar-refractivity contribution is 7.16. The topological polar surface area (TPSA) is 80.1 Å². The van der Waals surface area contributed by atoms with Gasteiger partial charge in [0.1, 0.15) is 11.5 Å². The summed E-state index contributed by atoms with van der Waals surface area (Å²) < 4.78 is 14.8. The van der Waals surface area contributed by atoms with Crippen LogP contribution in [-0.4, -0.2) is 38.0 Å². The Hall–Kier alpha value is -3.37. The minimum atomic E-state index is -0.319. The second-order valence-corrected chi connectivity index (χ2v) is 9.37. The van der Waals surface area contributed by atoms with E-state index in [2.05, 4.69) is 15.4 Å². The summed E-state index contributed by atoms with van der Waals surface area (Å²) in [5.41, 5.74) is 2.74. The fourth-order valence-corrected chi connectivity index (χ4v) is 5.22. The zero-order valence-electron chi connectivity index (χ0n) is 17.0. The van der Waals surface area contributed by atoms with Gasteiger partial charge < -0.3 is 4.90 Å². The highest BCUT2D eigenvalue weighted by atomic mass is 32.1. The highest BCUT2D eigenvalue weighted by Crippen LogP contribution is 2.30. The quantitative estimate of drug-likeness (QED) is 0.488. The van der Waals surface area contributed by atoms with E-state index in [1.165, 1.54) is 34.8 Å². The molecule has 1 aromatic carbocycles. The Morgan fingerprint density at radius 1 is 1.19 bits per heavy atom. The minimum Gasteiger partial charge on any atom is -0.332 e. The fraction of sp³-hybridized carbons (Fsp3) is 0.182. The smallest absolute Gasteiger partial charge is 0.272 e. The van der Waals surface area contributed by atoms with Crippen molar-refractivity contribution >= 4 is 39.6 Å². The van der Waals surface area contributed by atoms with Gasteiger partial charge in [-0.3, -0.25) is 19.6 Å². The molecule has 1 aliphatic rings. The van der Waals surface area contributed by atoms with Crippen LogP contribution in [0.25, 0.3) is 11.3 Å². The zero-order valence-corrected chi connectivity index (χ0v) is 18.7. The third-order valence-corrected chi connectivity index (χ3v) is 7.09. The number of aromatic nitrogens is 3. The summed E-state index contributed by atoms with van der Waals surface area (Å²) in [5.74, 6) is -0.626. The van der Waals surface area contributed by atoms with Crippen molar-refractivity contribution in [2.75, 3.05) is 11.9 Å². The van der Waals surface area contributed by atoms with Crippen molar-refractivity contribution < 1.29 is 14.0 Å². The van der Waals surface area contributed by atoms with Crippen molar-refractivity contribution in [3.8, 4) is 11.3 Å². The lowest BCUT2D eigenvalue weighted by Gasteiger charge is -2.25. The summed E-state index contributed by atoms with van der Waals surface area (Å²) in [6.45, 7) is 0.961. The molecule has 1 aliphatic heterocycles. The average Bonchev–Trinajstić information content (AvgIpc) is 3.52. The fourth-order valence-electron chi connectivity index (χ4n) is 3.58. The third kappa shape index (κ3) is 3.94. The Morgan fingerprint density at radius 3 is 2.75 bits per heavy atom. The first kappa shape index (κ1) is 20.5. The molecule has 0 atom stereocenters. The molecule has 7 nitrogen and oxygen atoms in total. The number of hydrogen-bond acceptors (Lipinski definition) is 6. The van der Waals surface area contributed by atoms with Gasteiger partial charge in [-0.05, 0) is 41.8 Å². The van der Waals surface area contributed by atoms with E-state index in [1.54, 1.807) is 40.9 Å². The van der Waals surface area contributed by atoms with Crippen molar-refractivity contribution in [2.45, 2.75) is 13.0 Å². The molecular formula is C22H18FN5O2S2. The molecule has 32 heavy (non-hydrogen) atoms. The lowest BCUT2D eigenvalue weighted by Crippen LogP contribution is -2.36. The first-order valence-corrected chi connectivity index (χ1v) is 11.6. The van der Waals surface area contributed by atoms with Crippen LogP contribution < -0.4 is 5.32 Å². The van der Waals surface area contributed by atoms with E-state index in [9.17, 15) is 14.0 Å². The van der Waals surface area contributed by atoms with Crippen molar-refractivity contribution in [1.82, 2.24) is 19.7 Å². The Bertz CT molecular complexity index is 1290. The Balaban J connectivity index is 1.31. The highest BCUT2D eigenvalue weighted by Gasteiger charge is 2.27. The molecule has 0 bridgehead atoms. The number of thiophene rings is 1. The monoisotopic (exact) mass is 467 g/mol. The molecular weight excluding hydrogens is 449 g/mol. The van der Waals surface area contributed by atoms with Gasteiger partial charge in [0.15, 0.2) is 5.13 Å². The maximum absolute atomic E-state index is 13.2. The molecule has 0 fully saturated rings. The molecule has 1 N–H and O–H groups in total. The summed E-state index contributed by atoms with van der Waals surface area (Å²) >= 11 is 2.77. The van der Waals surface area contributed by atoms with Crippen LogP contribution in [0.15, 0.2) is 47.8 Å². The van der Waals surface area contributed by atoms with Gasteiger partial charge in [-0.15, -0.1) is 11.3 Å². The Labute approximate surface area is 191 Å². The summed E-state index contributed by atoms with van der Waals surface area (Å²) in [4.78, 5) is 33.4. The van der Waals surface area contributed by atoms with E-state index in [4.69, 9.17) is 0 Å². The van der Waals surface area contributed by atoms with Crippen LogP contribution in [0.4, 0.5) is 9.52 Å². The number of nitrogens with zero attached hydrogens (tertiary/aromatic N) is 4. The maximum atomic E-state index is 13.2. The Morgan fingerprint density at radius 2 is 2.00 bits per heavy atom. The molecule has 162 valence electrons. The standard InChI is InChI=1S/C22H18FN5O2S2/c1-27-17(11-16(26-27)13-4-6-14(23)7-5-13)21(30)28-9-8-15-19(12-28)32-22(24-15)25-20(29)18-3-2-10-31-18/h2-7,10-11H,8-9,12H2,1H3,(H,24,25,29). The normalized spacial score (nSPS) is 13.1. The van der Waals surface area contributed by atoms with E-state index < -0.39 is 0 Å². The van der Waals surface area contributed by atoms with Crippen LogP contribution >= 0.6 is 22.7 Å². The number of fused-ring (bicyclic) bond motifs is 1. The predicted octanol–water partition coefficient (Wildman–Crippen LogP) is 4.20. The number of benzene rings is 1. The van der Waals surface area contributed by atoms with Crippen molar-refractivity contribution in [3.63, 3.8) is 0 Å². The summed E-state index contributed by atoms with van der Waals surface area (Å²) in [5, 5.41) is 9.66. The second kappa shape index (κ2) is 8.29. The number of anilines is 1. The molecule has 0 saturated carbocycles. The van der Waals surface area contributed by atoms with E-state index in [0.29, 0.717) is 40.9 Å². The van der Waals surface area contributed by atoms with E-state index in [1.807, 2.05) is 11.4 Å². The van der Waals surface area contributed by atoms with Crippen LogP contribution in [0.2, 0.25) is 0 Å². The number of carbonyl (C=O) groups is 2. The van der Waals surface area contributed by atoms with Crippen LogP contribution in [0.3, 0.4) is 0 Å². The van der Waals surface area contributed by atoms with Gasteiger partial charge in [0.25, 0.3) is 11.8 Å². The first-order valence-electron chi connectivity index (χ1n) is 9.90. The molecule has 0 unspecified atom stereocenters. The molecule has 5 rings (SSSR count). The minimum absolute atomic E-state index is 0.128. The average molecular weight is 468 g/mol. The third-order valence-electron chi connectivity index (χ3n) is 5.22. The zero-order chi connectivity index (χ0) is 22.2. The number of hydrogen-bond donors (Lipinski definition) is 1. The number of nitrogens with one attached hydrogen (secondary N) is 1. The first-order chi connectivity index (χ1) is 15.5. The number of thiazole rings is 1. The van der Waals surface area contributed by atoms with Crippen LogP contribution in [0, 0.1) is 5.82 Å². The predicted molar refractivity (Wildman–Crippen MR) is 121 cm³/mol. The SMILES string of the molecule is Cn1nc(-c2ccc(F)cc2)cc1C(=O)N1CCc2nc(NC(=O)c3cccs3)sc2C1. The molecule has 10 heteroatoms. The van der Waals surface area contributed by atoms with Crippen molar-refractivity contribution in [3.05, 3.63) is 74.8 Å². The van der Waals surface area contributed by atoms with Gasteiger partial charge in [0, 0.05) is 30.5 Å². The largest absolute Gasteiger partial charge is 0.332 e. The molecule has 2 amide bonds. The van der Waals surface area contributed by atoms with Crippen LogP contribution in [-0.2, 0) is 20.0 Å². The molecule has 0 radical (unpaired) electrons. The van der Waals surface area contributed by atoms with Crippen molar-refractivity contribution in [1.29, 1.82) is 0 Å². The van der Waals surface area contributed by atoms with Gasteiger partial charge in [-0.1, -0.05) is 17.4 Å². The van der Waals surface area contributed by atoms with Crippen LogP contribution in [0.1, 0.15) is 30.7 Å². The van der Waals surface area contributed by atoms with E-state index in [0.717, 1.165) is 16.1 Å². The second-order valence-electron chi connectivity index (χ2n) is 7.34. The molecule has 4 aromatic rings. The molecule has 0 spiro atoms. The van der Waals surface area contributed by atoms with Gasteiger partial charge in [0.2, 0.25) is 0 Å². The van der Waals surface area contributed by atoms with Crippen molar-refractivity contribution in [2.24, 2.45) is 7.05 Å². The molecule has 0 aliphatic carbocycles. The number of halogens is 1. The number of amides is 2. The molecule has 4 heterocycles.